The zero-order valence-corrected chi connectivity index (χ0v) is 36.0. The van der Waals surface area contributed by atoms with Gasteiger partial charge in [-0.05, 0) is 110 Å². The topological polar surface area (TPSA) is 150 Å². The van der Waals surface area contributed by atoms with Gasteiger partial charge in [0.05, 0.1) is 28.5 Å². The summed E-state index contributed by atoms with van der Waals surface area (Å²) in [6.07, 6.45) is 2.61. The van der Waals surface area contributed by atoms with Crippen LogP contribution in [-0.2, 0) is 41.6 Å². The number of carboxylic acid groups (broad SMARTS) is 1. The number of carboxylic acids is 1. The fourth-order valence-electron chi connectivity index (χ4n) is 7.77. The van der Waals surface area contributed by atoms with Crippen molar-refractivity contribution in [2.45, 2.75) is 84.1 Å². The second-order valence-electron chi connectivity index (χ2n) is 15.9. The molecule has 324 valence electrons. The van der Waals surface area contributed by atoms with E-state index in [0.717, 1.165) is 47.9 Å². The number of rotatable bonds is 20. The largest absolute Gasteiger partial charge is 0.493 e. The van der Waals surface area contributed by atoms with Crippen molar-refractivity contribution >= 4 is 47.1 Å². The standard InChI is InChI=1S/C45H54Cl2N2O11/c1-27-18-40(46)42(41(47)19-27)57-17-16-56-35-11-7-32(8-12-35)37-13-14-48(45(54)60-29(3)59-28(2)50)25-39(37)43(51)49(34-9-10-34)24-31-20-30(6-5-15-55-4)21-36(22-31)58-26-33-23-38(33)44(52)53/h7-8,11-12,18-22,29,33-34,37-39H,5-6,9-10,13-17,23-26H2,1-4H3,(H,52,53)/t29?,33-,37+,38+,39-/m0/s1. The van der Waals surface area contributed by atoms with Gasteiger partial charge in [0.15, 0.2) is 5.75 Å². The maximum atomic E-state index is 14.9. The number of esters is 1. The minimum Gasteiger partial charge on any atom is -0.493 e. The van der Waals surface area contributed by atoms with Gasteiger partial charge in [-0.25, -0.2) is 4.79 Å². The minimum atomic E-state index is -1.09. The van der Waals surface area contributed by atoms with Crippen molar-refractivity contribution in [2.24, 2.45) is 17.8 Å². The molecule has 0 bridgehead atoms. The van der Waals surface area contributed by atoms with E-state index in [4.69, 9.17) is 51.6 Å². The molecule has 1 N–H and O–H groups in total. The van der Waals surface area contributed by atoms with Crippen LogP contribution in [-0.4, -0.2) is 97.8 Å². The lowest BCUT2D eigenvalue weighted by Crippen LogP contribution is -2.50. The molecule has 1 heterocycles. The number of benzene rings is 3. The lowest BCUT2D eigenvalue weighted by Gasteiger charge is -2.40. The van der Waals surface area contributed by atoms with E-state index in [9.17, 15) is 24.3 Å². The maximum Gasteiger partial charge on any atom is 0.412 e. The summed E-state index contributed by atoms with van der Waals surface area (Å²) in [5.41, 5.74) is 3.81. The molecule has 15 heteroatoms. The van der Waals surface area contributed by atoms with Gasteiger partial charge in [0.2, 0.25) is 12.2 Å². The van der Waals surface area contributed by atoms with Crippen molar-refractivity contribution < 1.29 is 52.7 Å². The summed E-state index contributed by atoms with van der Waals surface area (Å²) in [5, 5.41) is 10.2. The number of aliphatic carboxylic acids is 1. The van der Waals surface area contributed by atoms with Crippen LogP contribution in [0, 0.1) is 24.7 Å². The lowest BCUT2D eigenvalue weighted by atomic mass is 9.79. The third-order valence-electron chi connectivity index (χ3n) is 11.0. The molecule has 0 radical (unpaired) electrons. The molecule has 1 saturated heterocycles. The number of carbonyl (C=O) groups excluding carboxylic acids is 3. The van der Waals surface area contributed by atoms with Crippen molar-refractivity contribution in [3.8, 4) is 17.2 Å². The summed E-state index contributed by atoms with van der Waals surface area (Å²) in [6, 6.07) is 17.2. The van der Waals surface area contributed by atoms with E-state index < -0.39 is 30.2 Å². The Morgan fingerprint density at radius 2 is 1.57 bits per heavy atom. The van der Waals surface area contributed by atoms with Gasteiger partial charge in [-0.15, -0.1) is 0 Å². The monoisotopic (exact) mass is 868 g/mol. The number of likely N-dealkylation sites (tertiary alicyclic amines) is 1. The van der Waals surface area contributed by atoms with Gasteiger partial charge in [-0.1, -0.05) is 41.4 Å². The molecule has 2 amide bonds. The molecule has 3 aromatic carbocycles. The predicted octanol–water partition coefficient (Wildman–Crippen LogP) is 8.08. The fourth-order valence-corrected chi connectivity index (χ4v) is 8.47. The molecular formula is C45H54Cl2N2O11. The zero-order chi connectivity index (χ0) is 42.9. The van der Waals surface area contributed by atoms with E-state index in [1.54, 1.807) is 19.2 Å². The highest BCUT2D eigenvalue weighted by Gasteiger charge is 2.44. The molecule has 2 saturated carbocycles. The van der Waals surface area contributed by atoms with E-state index in [1.165, 1.54) is 18.7 Å². The molecule has 13 nitrogen and oxygen atoms in total. The Labute approximate surface area is 361 Å². The minimum absolute atomic E-state index is 0.0273. The van der Waals surface area contributed by atoms with Crippen LogP contribution in [0.4, 0.5) is 4.79 Å². The van der Waals surface area contributed by atoms with E-state index in [1.807, 2.05) is 48.2 Å². The van der Waals surface area contributed by atoms with Crippen molar-refractivity contribution in [2.75, 3.05) is 46.6 Å². The number of nitrogens with zero attached hydrogens (tertiary/aromatic N) is 2. The van der Waals surface area contributed by atoms with Gasteiger partial charge >= 0.3 is 18.0 Å². The van der Waals surface area contributed by atoms with Crippen LogP contribution in [0.2, 0.25) is 10.0 Å². The van der Waals surface area contributed by atoms with Gasteiger partial charge in [-0.2, -0.15) is 0 Å². The lowest BCUT2D eigenvalue weighted by molar-refractivity contribution is -0.163. The Morgan fingerprint density at radius 1 is 0.867 bits per heavy atom. The molecule has 0 aromatic heterocycles. The van der Waals surface area contributed by atoms with Crippen LogP contribution in [0.15, 0.2) is 54.6 Å². The molecule has 60 heavy (non-hydrogen) atoms. The number of halogens is 2. The first-order valence-electron chi connectivity index (χ1n) is 20.5. The normalized spacial score (nSPS) is 20.1. The summed E-state index contributed by atoms with van der Waals surface area (Å²) in [4.78, 5) is 54.7. The molecule has 6 rings (SSSR count). The molecule has 3 fully saturated rings. The van der Waals surface area contributed by atoms with Crippen LogP contribution >= 0.6 is 23.2 Å². The average Bonchev–Trinajstić information content (AvgIpc) is 4.14. The summed E-state index contributed by atoms with van der Waals surface area (Å²) in [6.45, 7) is 6.76. The first-order chi connectivity index (χ1) is 28.8. The van der Waals surface area contributed by atoms with Crippen LogP contribution in [0.25, 0.3) is 0 Å². The molecule has 2 aliphatic carbocycles. The fraction of sp³-hybridized carbons (Fsp3) is 0.511. The number of amides is 2. The SMILES string of the molecule is COCCCc1cc(CN(C(=O)[C@H]2CN(C(=O)OC(C)OC(C)=O)CC[C@@H]2c2ccc(OCCOc3c(Cl)cc(C)cc3Cl)cc2)C2CC2)cc(OC[C@@H]2C[C@H]2C(=O)O)c1. The Kier molecular flexibility index (Phi) is 15.5. The highest BCUT2D eigenvalue weighted by molar-refractivity contribution is 6.37. The van der Waals surface area contributed by atoms with Gasteiger partial charge in [0.1, 0.15) is 24.7 Å². The summed E-state index contributed by atoms with van der Waals surface area (Å²) in [7, 11) is 1.67. The third kappa shape index (κ3) is 12.4. The van der Waals surface area contributed by atoms with Crippen LogP contribution in [0.1, 0.15) is 74.1 Å². The van der Waals surface area contributed by atoms with Crippen LogP contribution < -0.4 is 14.2 Å². The summed E-state index contributed by atoms with van der Waals surface area (Å²) >= 11 is 12.6. The Morgan fingerprint density at radius 3 is 2.22 bits per heavy atom. The van der Waals surface area contributed by atoms with Gasteiger partial charge in [-0.3, -0.25) is 14.4 Å². The predicted molar refractivity (Wildman–Crippen MR) is 224 cm³/mol. The molecule has 3 aromatic rings. The van der Waals surface area contributed by atoms with E-state index >= 15 is 0 Å². The number of methoxy groups -OCH3 is 1. The van der Waals surface area contributed by atoms with E-state index in [0.29, 0.717) is 66.4 Å². The smallest absolute Gasteiger partial charge is 0.412 e. The summed E-state index contributed by atoms with van der Waals surface area (Å²) in [5.74, 6) is -1.02. The van der Waals surface area contributed by atoms with Crippen LogP contribution in [0.3, 0.4) is 0 Å². The second-order valence-corrected chi connectivity index (χ2v) is 16.7. The van der Waals surface area contributed by atoms with Gasteiger partial charge in [0, 0.05) is 59.2 Å². The van der Waals surface area contributed by atoms with E-state index in [-0.39, 0.29) is 49.5 Å². The number of ether oxygens (including phenoxy) is 6. The Bertz CT molecular complexity index is 1970. The van der Waals surface area contributed by atoms with E-state index in [2.05, 4.69) is 6.07 Å². The molecular weight excluding hydrogens is 815 g/mol. The zero-order valence-electron chi connectivity index (χ0n) is 34.5. The highest BCUT2D eigenvalue weighted by atomic mass is 35.5. The summed E-state index contributed by atoms with van der Waals surface area (Å²) < 4.78 is 33.7. The van der Waals surface area contributed by atoms with Crippen molar-refractivity contribution in [1.29, 1.82) is 0 Å². The van der Waals surface area contributed by atoms with Gasteiger partial charge in [0.25, 0.3) is 0 Å². The van der Waals surface area contributed by atoms with Crippen molar-refractivity contribution in [1.82, 2.24) is 9.80 Å². The molecule has 1 unspecified atom stereocenters. The van der Waals surface area contributed by atoms with Crippen molar-refractivity contribution in [3.63, 3.8) is 0 Å². The van der Waals surface area contributed by atoms with Crippen LogP contribution in [0.5, 0.6) is 17.2 Å². The number of piperidine rings is 1. The quantitative estimate of drug-likeness (QED) is 0.0667. The second kappa shape index (κ2) is 20.7. The molecule has 0 spiro atoms. The molecule has 5 atom stereocenters. The number of carbonyl (C=O) groups is 4. The number of aryl methyl sites for hydroxylation is 2. The first-order valence-corrected chi connectivity index (χ1v) is 21.3. The van der Waals surface area contributed by atoms with Gasteiger partial charge < -0.3 is 43.3 Å². The molecule has 1 aliphatic heterocycles. The number of hydrogen-bond acceptors (Lipinski definition) is 10. The maximum absolute atomic E-state index is 14.9. The van der Waals surface area contributed by atoms with Crippen molar-refractivity contribution in [3.05, 3.63) is 86.9 Å². The first kappa shape index (κ1) is 44.8. The third-order valence-corrected chi connectivity index (χ3v) is 11.6. The molecule has 3 aliphatic rings. The Hall–Kier alpha value is -4.72. The average molecular weight is 870 g/mol. The highest BCUT2D eigenvalue weighted by Crippen LogP contribution is 2.41. The Balaban J connectivity index is 1.19. The number of hydrogen-bond donors (Lipinski definition) is 1.